The summed E-state index contributed by atoms with van der Waals surface area (Å²) in [6.07, 6.45) is 11.6. The van der Waals surface area contributed by atoms with E-state index in [9.17, 15) is 4.39 Å². The fourth-order valence-electron chi connectivity index (χ4n) is 5.71. The van der Waals surface area contributed by atoms with Gasteiger partial charge in [0, 0.05) is 28.0 Å². The fourth-order valence-corrected chi connectivity index (χ4v) is 5.71. The number of ether oxygens (including phenoxy) is 1. The number of aromatic amines is 2. The number of H-pyrrole nitrogens is 2. The summed E-state index contributed by atoms with van der Waals surface area (Å²) in [5.74, 6) is 0.545. The van der Waals surface area contributed by atoms with Crippen molar-refractivity contribution < 1.29 is 9.13 Å². The van der Waals surface area contributed by atoms with Crippen LogP contribution in [0.4, 0.5) is 4.39 Å². The third kappa shape index (κ3) is 4.54. The molecule has 0 spiro atoms. The summed E-state index contributed by atoms with van der Waals surface area (Å²) in [4.78, 5) is 12.6. The Bertz CT molecular complexity index is 1790. The van der Waals surface area contributed by atoms with Crippen LogP contribution in [0.25, 0.3) is 55.6 Å². The van der Waals surface area contributed by atoms with E-state index < -0.39 is 0 Å². The van der Waals surface area contributed by atoms with E-state index in [4.69, 9.17) is 4.74 Å². The minimum atomic E-state index is -0.237. The molecule has 0 saturated heterocycles. The van der Waals surface area contributed by atoms with Crippen molar-refractivity contribution in [1.82, 2.24) is 25.1 Å². The van der Waals surface area contributed by atoms with Crippen molar-refractivity contribution in [3.63, 3.8) is 0 Å². The molecule has 194 valence electrons. The molecule has 7 heteroatoms. The molecule has 2 N–H and O–H groups in total. The molecule has 39 heavy (non-hydrogen) atoms. The molecule has 4 aromatic heterocycles. The Morgan fingerprint density at radius 3 is 2.64 bits per heavy atom. The SMILES string of the molecule is Cc1cc(F)cc(-c2cccc3[nH]c(-c4n[nH]c5cnc(-c6cncc(OC7CCCCC7)c6)cc45)cc23)c1. The van der Waals surface area contributed by atoms with E-state index in [-0.39, 0.29) is 11.9 Å². The van der Waals surface area contributed by atoms with E-state index in [0.717, 1.165) is 79.7 Å². The Morgan fingerprint density at radius 1 is 0.872 bits per heavy atom. The molecule has 0 unspecified atom stereocenters. The standard InChI is InChI=1S/C32H28FN5O/c1-19-10-20(12-22(33)11-19)25-8-5-9-28-26(25)14-30(36-28)32-27-15-29(35-18-31(27)37-38-32)21-13-24(17-34-16-21)39-23-6-3-2-4-7-23/h5,8-18,23,36H,2-4,6-7H2,1H3,(H,37,38). The molecule has 4 heterocycles. The minimum Gasteiger partial charge on any atom is -0.489 e. The number of hydrogen-bond donors (Lipinski definition) is 2. The Kier molecular flexibility index (Phi) is 5.84. The van der Waals surface area contributed by atoms with Crippen LogP contribution in [0.2, 0.25) is 0 Å². The van der Waals surface area contributed by atoms with Gasteiger partial charge >= 0.3 is 0 Å². The highest BCUT2D eigenvalue weighted by atomic mass is 19.1. The summed E-state index contributed by atoms with van der Waals surface area (Å²) in [6, 6.07) is 17.3. The number of halogens is 1. The lowest BCUT2D eigenvalue weighted by Gasteiger charge is -2.22. The third-order valence-corrected chi connectivity index (χ3v) is 7.58. The van der Waals surface area contributed by atoms with Gasteiger partial charge in [0.15, 0.2) is 0 Å². The topological polar surface area (TPSA) is 79.5 Å². The Labute approximate surface area is 225 Å². The zero-order valence-electron chi connectivity index (χ0n) is 21.7. The largest absolute Gasteiger partial charge is 0.489 e. The van der Waals surface area contributed by atoms with Crippen LogP contribution in [-0.2, 0) is 0 Å². The van der Waals surface area contributed by atoms with Crippen LogP contribution < -0.4 is 4.74 Å². The number of aryl methyl sites for hydroxylation is 1. The second kappa shape index (κ2) is 9.66. The average Bonchev–Trinajstić information content (AvgIpc) is 3.57. The number of pyridine rings is 2. The van der Waals surface area contributed by atoms with Crippen molar-refractivity contribution in [1.29, 1.82) is 0 Å². The number of nitrogens with zero attached hydrogens (tertiary/aromatic N) is 3. The first-order chi connectivity index (χ1) is 19.1. The normalized spacial score (nSPS) is 14.3. The van der Waals surface area contributed by atoms with Crippen LogP contribution >= 0.6 is 0 Å². The van der Waals surface area contributed by atoms with Crippen molar-refractivity contribution in [2.75, 3.05) is 0 Å². The first-order valence-corrected chi connectivity index (χ1v) is 13.5. The predicted octanol–water partition coefficient (Wildman–Crippen LogP) is 7.99. The number of nitrogens with one attached hydrogen (secondary N) is 2. The summed E-state index contributed by atoms with van der Waals surface area (Å²) in [5, 5.41) is 9.70. The van der Waals surface area contributed by atoms with Gasteiger partial charge in [0.2, 0.25) is 0 Å². The van der Waals surface area contributed by atoms with Gasteiger partial charge in [0.1, 0.15) is 17.3 Å². The summed E-state index contributed by atoms with van der Waals surface area (Å²) in [7, 11) is 0. The summed E-state index contributed by atoms with van der Waals surface area (Å²) < 4.78 is 20.4. The molecule has 0 radical (unpaired) electrons. The molecule has 0 bridgehead atoms. The predicted molar refractivity (Wildman–Crippen MR) is 152 cm³/mol. The molecule has 6 nitrogen and oxygen atoms in total. The van der Waals surface area contributed by atoms with Crippen molar-refractivity contribution in [3.05, 3.63) is 84.6 Å². The molecule has 6 aromatic rings. The highest BCUT2D eigenvalue weighted by Crippen LogP contribution is 2.35. The van der Waals surface area contributed by atoms with Crippen LogP contribution in [0.5, 0.6) is 5.75 Å². The quantitative estimate of drug-likeness (QED) is 0.243. The van der Waals surface area contributed by atoms with Crippen molar-refractivity contribution >= 4 is 21.8 Å². The Hall–Kier alpha value is -4.52. The number of fused-ring (bicyclic) bond motifs is 2. The summed E-state index contributed by atoms with van der Waals surface area (Å²) in [6.45, 7) is 1.91. The number of benzene rings is 2. The van der Waals surface area contributed by atoms with Gasteiger partial charge in [-0.3, -0.25) is 15.1 Å². The van der Waals surface area contributed by atoms with Gasteiger partial charge in [-0.05, 0) is 85.7 Å². The Morgan fingerprint density at radius 2 is 1.77 bits per heavy atom. The highest BCUT2D eigenvalue weighted by molar-refractivity contribution is 6.01. The van der Waals surface area contributed by atoms with E-state index in [2.05, 4.69) is 31.2 Å². The highest BCUT2D eigenvalue weighted by Gasteiger charge is 2.17. The van der Waals surface area contributed by atoms with Crippen molar-refractivity contribution in [2.24, 2.45) is 0 Å². The summed E-state index contributed by atoms with van der Waals surface area (Å²) in [5.41, 5.74) is 7.90. The maximum atomic E-state index is 14.2. The van der Waals surface area contributed by atoms with Crippen LogP contribution in [0, 0.1) is 12.7 Å². The van der Waals surface area contributed by atoms with Gasteiger partial charge in [-0.1, -0.05) is 24.6 Å². The van der Waals surface area contributed by atoms with Gasteiger partial charge in [-0.2, -0.15) is 5.10 Å². The first kappa shape index (κ1) is 23.6. The van der Waals surface area contributed by atoms with Gasteiger partial charge in [0.05, 0.1) is 35.4 Å². The van der Waals surface area contributed by atoms with Crippen molar-refractivity contribution in [3.8, 4) is 39.5 Å². The fraction of sp³-hybridized carbons (Fsp3) is 0.219. The monoisotopic (exact) mass is 517 g/mol. The third-order valence-electron chi connectivity index (χ3n) is 7.58. The lowest BCUT2D eigenvalue weighted by molar-refractivity contribution is 0.154. The maximum Gasteiger partial charge on any atom is 0.138 e. The van der Waals surface area contributed by atoms with E-state index in [1.165, 1.54) is 19.3 Å². The lowest BCUT2D eigenvalue weighted by atomic mass is 9.98. The van der Waals surface area contributed by atoms with Gasteiger partial charge < -0.3 is 9.72 Å². The lowest BCUT2D eigenvalue weighted by Crippen LogP contribution is -2.19. The smallest absolute Gasteiger partial charge is 0.138 e. The number of rotatable bonds is 5. The summed E-state index contributed by atoms with van der Waals surface area (Å²) >= 11 is 0. The van der Waals surface area contributed by atoms with Crippen molar-refractivity contribution in [2.45, 2.75) is 45.1 Å². The first-order valence-electron chi connectivity index (χ1n) is 13.5. The minimum absolute atomic E-state index is 0.237. The zero-order chi connectivity index (χ0) is 26.3. The van der Waals surface area contributed by atoms with E-state index >= 15 is 0 Å². The van der Waals surface area contributed by atoms with Gasteiger partial charge in [-0.15, -0.1) is 0 Å². The molecular formula is C32H28FN5O. The van der Waals surface area contributed by atoms with Gasteiger partial charge in [0.25, 0.3) is 0 Å². The molecule has 0 atom stereocenters. The van der Waals surface area contributed by atoms with Crippen LogP contribution in [0.1, 0.15) is 37.7 Å². The molecule has 1 fully saturated rings. The molecule has 1 aliphatic carbocycles. The average molecular weight is 518 g/mol. The van der Waals surface area contributed by atoms with Gasteiger partial charge in [-0.25, -0.2) is 4.39 Å². The Balaban J connectivity index is 1.26. The number of aromatic nitrogens is 5. The van der Waals surface area contributed by atoms with Crippen LogP contribution in [-0.4, -0.2) is 31.3 Å². The second-order valence-corrected chi connectivity index (χ2v) is 10.4. The van der Waals surface area contributed by atoms with Crippen LogP contribution in [0.15, 0.2) is 73.2 Å². The molecule has 2 aromatic carbocycles. The molecule has 7 rings (SSSR count). The zero-order valence-corrected chi connectivity index (χ0v) is 21.7. The van der Waals surface area contributed by atoms with E-state index in [1.807, 2.05) is 49.5 Å². The molecule has 0 aliphatic heterocycles. The van der Waals surface area contributed by atoms with E-state index in [1.54, 1.807) is 24.5 Å². The second-order valence-electron chi connectivity index (χ2n) is 10.4. The molecule has 1 saturated carbocycles. The van der Waals surface area contributed by atoms with Crippen LogP contribution in [0.3, 0.4) is 0 Å². The molecule has 0 amide bonds. The number of hydrogen-bond acceptors (Lipinski definition) is 4. The maximum absolute atomic E-state index is 14.2. The molecular weight excluding hydrogens is 489 g/mol. The molecule has 1 aliphatic rings. The van der Waals surface area contributed by atoms with E-state index in [0.29, 0.717) is 0 Å².